The number of carbonyl (C=O) groups excluding carboxylic acids is 1. The van der Waals surface area contributed by atoms with Crippen LogP contribution in [0.5, 0.6) is 0 Å². The first-order chi connectivity index (χ1) is 13.5. The molecule has 5 nitrogen and oxygen atoms in total. The van der Waals surface area contributed by atoms with Crippen LogP contribution in [-0.2, 0) is 11.3 Å². The number of rotatable bonds is 4. The number of ketones is 1. The number of carbonyl (C=O) groups is 1. The average molecular weight is 401 g/mol. The summed E-state index contributed by atoms with van der Waals surface area (Å²) in [7, 11) is 0. The van der Waals surface area contributed by atoms with Gasteiger partial charge in [-0.2, -0.15) is 0 Å². The number of para-hydroxylation sites is 2. The van der Waals surface area contributed by atoms with E-state index in [1.54, 1.807) is 4.57 Å². The highest BCUT2D eigenvalue weighted by Crippen LogP contribution is 2.20. The molecule has 0 saturated carbocycles. The van der Waals surface area contributed by atoms with Crippen LogP contribution < -0.4 is 0 Å². The molecule has 0 aliphatic carbocycles. The topological polar surface area (TPSA) is 47.4 Å². The van der Waals surface area contributed by atoms with Crippen LogP contribution in [0.25, 0.3) is 11.0 Å². The molecule has 0 unspecified atom stereocenters. The zero-order chi connectivity index (χ0) is 19.7. The average Bonchev–Trinajstić information content (AvgIpc) is 3.08. The second-order valence-electron chi connectivity index (χ2n) is 6.47. The highest BCUT2D eigenvalue weighted by Gasteiger charge is 2.23. The van der Waals surface area contributed by atoms with Crippen LogP contribution in [0.15, 0.2) is 42.5 Å². The molecule has 4 rings (SSSR count). The molecule has 1 aromatic heterocycles. The van der Waals surface area contributed by atoms with Crippen LogP contribution in [-0.4, -0.2) is 51.5 Å². The molecule has 0 spiro atoms. The zero-order valence-corrected chi connectivity index (χ0v) is 15.7. The van der Waals surface area contributed by atoms with E-state index in [9.17, 15) is 13.6 Å². The van der Waals surface area contributed by atoms with E-state index in [0.717, 1.165) is 17.6 Å². The highest BCUT2D eigenvalue weighted by molar-refractivity contribution is 7.80. The van der Waals surface area contributed by atoms with Gasteiger partial charge in [-0.3, -0.25) is 4.79 Å². The van der Waals surface area contributed by atoms with E-state index in [4.69, 9.17) is 17.0 Å². The number of hydrogen-bond acceptors (Lipinski definition) is 4. The number of aromatic nitrogens is 2. The third kappa shape index (κ3) is 3.53. The van der Waals surface area contributed by atoms with E-state index in [2.05, 4.69) is 4.98 Å². The van der Waals surface area contributed by atoms with Crippen molar-refractivity contribution in [3.8, 4) is 0 Å². The summed E-state index contributed by atoms with van der Waals surface area (Å²) in [6.07, 6.45) is 0. The second-order valence-corrected chi connectivity index (χ2v) is 6.85. The van der Waals surface area contributed by atoms with Crippen molar-refractivity contribution >= 4 is 34.0 Å². The van der Waals surface area contributed by atoms with Gasteiger partial charge in [0, 0.05) is 18.7 Å². The summed E-state index contributed by atoms with van der Waals surface area (Å²) in [6.45, 7) is 2.38. The van der Waals surface area contributed by atoms with Gasteiger partial charge in [0.2, 0.25) is 0 Å². The van der Waals surface area contributed by atoms with Gasteiger partial charge in [0.15, 0.2) is 23.2 Å². The fourth-order valence-electron chi connectivity index (χ4n) is 3.21. The van der Waals surface area contributed by atoms with Crippen LogP contribution in [0.3, 0.4) is 0 Å². The molecule has 28 heavy (non-hydrogen) atoms. The lowest BCUT2D eigenvalue weighted by molar-refractivity contribution is 0.0690. The fourth-order valence-corrected chi connectivity index (χ4v) is 3.55. The molecule has 2 heterocycles. The van der Waals surface area contributed by atoms with Crippen molar-refractivity contribution in [3.63, 3.8) is 0 Å². The summed E-state index contributed by atoms with van der Waals surface area (Å²) >= 11 is 5.64. The Bertz CT molecular complexity index is 1060. The fraction of sp³-hybridized carbons (Fsp3) is 0.250. The minimum Gasteiger partial charge on any atom is -0.378 e. The number of benzene rings is 2. The molecule has 0 atom stereocenters. The van der Waals surface area contributed by atoms with Gasteiger partial charge in [-0.15, -0.1) is 0 Å². The summed E-state index contributed by atoms with van der Waals surface area (Å²) < 4.78 is 33.8. The third-order valence-corrected chi connectivity index (χ3v) is 5.13. The normalized spacial score (nSPS) is 14.4. The first-order valence-corrected chi connectivity index (χ1v) is 9.26. The number of halogens is 2. The third-order valence-electron chi connectivity index (χ3n) is 4.69. The maximum atomic E-state index is 13.5. The van der Waals surface area contributed by atoms with Crippen molar-refractivity contribution in [2.75, 3.05) is 26.3 Å². The quantitative estimate of drug-likeness (QED) is 0.496. The molecule has 1 aliphatic heterocycles. The highest BCUT2D eigenvalue weighted by atomic mass is 32.1. The molecule has 2 aromatic carbocycles. The smallest absolute Gasteiger partial charge is 0.182 e. The number of Topliss-reactive ketones (excluding diaryl/α,β-unsaturated/α-hetero) is 1. The summed E-state index contributed by atoms with van der Waals surface area (Å²) in [4.78, 5) is 19.9. The van der Waals surface area contributed by atoms with Gasteiger partial charge in [-0.25, -0.2) is 13.8 Å². The summed E-state index contributed by atoms with van der Waals surface area (Å²) in [6, 6.07) is 10.6. The Hall–Kier alpha value is -2.71. The standard InChI is InChI=1S/C20H17F2N3O2S/c21-14-6-5-13(11-15(14)22)18(26)12-25-17-4-2-1-3-16(17)23-19(25)20(28)24-7-9-27-10-8-24/h1-6,11H,7-10,12H2. The molecule has 0 amide bonds. The molecule has 1 saturated heterocycles. The summed E-state index contributed by atoms with van der Waals surface area (Å²) in [5.74, 6) is -1.88. The monoisotopic (exact) mass is 401 g/mol. The van der Waals surface area contributed by atoms with Crippen LogP contribution in [0.2, 0.25) is 0 Å². The van der Waals surface area contributed by atoms with Crippen molar-refractivity contribution in [1.29, 1.82) is 0 Å². The number of thiocarbonyl (C=S) groups is 1. The number of ether oxygens (including phenoxy) is 1. The molecule has 0 radical (unpaired) electrons. The van der Waals surface area contributed by atoms with Crippen LogP contribution in [0.1, 0.15) is 16.2 Å². The Kier molecular flexibility index (Phi) is 5.15. The van der Waals surface area contributed by atoms with Crippen LogP contribution >= 0.6 is 12.2 Å². The number of fused-ring (bicyclic) bond motifs is 1. The predicted molar refractivity (Wildman–Crippen MR) is 105 cm³/mol. The van der Waals surface area contributed by atoms with Crippen molar-refractivity contribution in [2.45, 2.75) is 6.54 Å². The Morgan fingerprint density at radius 2 is 1.86 bits per heavy atom. The van der Waals surface area contributed by atoms with E-state index in [0.29, 0.717) is 42.6 Å². The predicted octanol–water partition coefficient (Wildman–Crippen LogP) is 3.21. The molecule has 8 heteroatoms. The molecular formula is C20H17F2N3O2S. The SMILES string of the molecule is O=C(Cn1c(C(=S)N2CCOCC2)nc2ccccc21)c1ccc(F)c(F)c1. The lowest BCUT2D eigenvalue weighted by atomic mass is 10.1. The van der Waals surface area contributed by atoms with E-state index < -0.39 is 11.6 Å². The van der Waals surface area contributed by atoms with E-state index in [-0.39, 0.29) is 17.9 Å². The molecule has 0 bridgehead atoms. The van der Waals surface area contributed by atoms with E-state index in [1.165, 1.54) is 6.07 Å². The van der Waals surface area contributed by atoms with Crippen molar-refractivity contribution in [2.24, 2.45) is 0 Å². The maximum Gasteiger partial charge on any atom is 0.182 e. The number of nitrogens with zero attached hydrogens (tertiary/aromatic N) is 3. The van der Waals surface area contributed by atoms with Gasteiger partial charge in [-0.1, -0.05) is 24.4 Å². The molecule has 1 fully saturated rings. The zero-order valence-electron chi connectivity index (χ0n) is 14.9. The second kappa shape index (κ2) is 7.73. The Morgan fingerprint density at radius 1 is 1.11 bits per heavy atom. The molecule has 0 N–H and O–H groups in total. The number of morpholine rings is 1. The minimum atomic E-state index is -1.05. The molecular weight excluding hydrogens is 384 g/mol. The molecule has 1 aliphatic rings. The van der Waals surface area contributed by atoms with Gasteiger partial charge < -0.3 is 14.2 Å². The summed E-state index contributed by atoms with van der Waals surface area (Å²) in [5, 5.41) is 0. The number of imidazole rings is 1. The van der Waals surface area contributed by atoms with Gasteiger partial charge >= 0.3 is 0 Å². The van der Waals surface area contributed by atoms with E-state index in [1.807, 2.05) is 29.2 Å². The number of hydrogen-bond donors (Lipinski definition) is 0. The Balaban J connectivity index is 1.71. The lowest BCUT2D eigenvalue weighted by Gasteiger charge is -2.28. The van der Waals surface area contributed by atoms with Crippen LogP contribution in [0, 0.1) is 11.6 Å². The van der Waals surface area contributed by atoms with Crippen molar-refractivity contribution in [1.82, 2.24) is 14.5 Å². The first-order valence-electron chi connectivity index (χ1n) is 8.85. The maximum absolute atomic E-state index is 13.5. The van der Waals surface area contributed by atoms with Gasteiger partial charge in [-0.05, 0) is 30.3 Å². The van der Waals surface area contributed by atoms with Gasteiger partial charge in [0.1, 0.15) is 4.99 Å². The van der Waals surface area contributed by atoms with Gasteiger partial charge in [0.25, 0.3) is 0 Å². The van der Waals surface area contributed by atoms with Crippen molar-refractivity contribution < 1.29 is 18.3 Å². The Morgan fingerprint density at radius 3 is 2.61 bits per heavy atom. The van der Waals surface area contributed by atoms with Crippen molar-refractivity contribution in [3.05, 3.63) is 65.5 Å². The molecule has 144 valence electrons. The first kappa shape index (κ1) is 18.6. The molecule has 3 aromatic rings. The Labute approximate surface area is 165 Å². The summed E-state index contributed by atoms with van der Waals surface area (Å²) in [5.41, 5.74) is 1.56. The minimum absolute atomic E-state index is 0.0780. The van der Waals surface area contributed by atoms with E-state index >= 15 is 0 Å². The van der Waals surface area contributed by atoms with Crippen LogP contribution in [0.4, 0.5) is 8.78 Å². The largest absolute Gasteiger partial charge is 0.378 e. The lowest BCUT2D eigenvalue weighted by Crippen LogP contribution is -2.41. The van der Waals surface area contributed by atoms with Gasteiger partial charge in [0.05, 0.1) is 30.8 Å².